The lowest BCUT2D eigenvalue weighted by atomic mass is 9.93. The van der Waals surface area contributed by atoms with E-state index in [9.17, 15) is 24.0 Å². The van der Waals surface area contributed by atoms with Gasteiger partial charge in [-0.15, -0.1) is 0 Å². The quantitative estimate of drug-likeness (QED) is 0.0427. The largest absolute Gasteiger partial charge is 0.494 e. The SMILES string of the molecule is CCC(C)COC(=O)c1ccc(OC(=O)c2ccc(OCCCCCCCCCCCCOC(=O)C(C)(COC(C)=O)COC(C)=O)cc2)cc1. The Morgan fingerprint density at radius 1 is 0.588 bits per heavy atom. The van der Waals surface area contributed by atoms with Gasteiger partial charge in [0.2, 0.25) is 0 Å². The van der Waals surface area contributed by atoms with Crippen LogP contribution in [0.25, 0.3) is 0 Å². The maximum atomic E-state index is 12.6. The molecule has 0 saturated carbocycles. The highest BCUT2D eigenvalue weighted by molar-refractivity contribution is 5.92. The number of carbonyl (C=O) groups excluding carboxylic acids is 5. The molecule has 282 valence electrons. The summed E-state index contributed by atoms with van der Waals surface area (Å²) in [4.78, 5) is 59.7. The minimum absolute atomic E-state index is 0.213. The summed E-state index contributed by atoms with van der Waals surface area (Å²) in [5.41, 5.74) is -0.434. The molecule has 0 aliphatic rings. The molecule has 1 unspecified atom stereocenters. The Labute approximate surface area is 302 Å². The van der Waals surface area contributed by atoms with Crippen LogP contribution >= 0.6 is 0 Å². The first kappa shape index (κ1) is 42.8. The second-order valence-electron chi connectivity index (χ2n) is 13.2. The van der Waals surface area contributed by atoms with Gasteiger partial charge in [0.1, 0.15) is 30.1 Å². The predicted octanol–water partition coefficient (Wildman–Crippen LogP) is 8.06. The van der Waals surface area contributed by atoms with Crippen molar-refractivity contribution in [3.63, 3.8) is 0 Å². The van der Waals surface area contributed by atoms with E-state index in [2.05, 4.69) is 0 Å². The highest BCUT2D eigenvalue weighted by atomic mass is 16.6. The van der Waals surface area contributed by atoms with Gasteiger partial charge in [-0.05, 0) is 74.2 Å². The zero-order valence-electron chi connectivity index (χ0n) is 31.0. The van der Waals surface area contributed by atoms with Crippen molar-refractivity contribution in [3.05, 3.63) is 59.7 Å². The number of esters is 5. The summed E-state index contributed by atoms with van der Waals surface area (Å²) in [6, 6.07) is 13.2. The Kier molecular flexibility index (Phi) is 20.0. The van der Waals surface area contributed by atoms with Crippen LogP contribution in [0.15, 0.2) is 48.5 Å². The Balaban J connectivity index is 1.51. The molecule has 0 N–H and O–H groups in total. The van der Waals surface area contributed by atoms with Crippen molar-refractivity contribution < 1.29 is 52.4 Å². The molecule has 0 aliphatic carbocycles. The van der Waals surface area contributed by atoms with E-state index in [1.807, 2.05) is 13.8 Å². The molecular formula is C40H56O11. The first-order valence-electron chi connectivity index (χ1n) is 18.1. The third kappa shape index (κ3) is 17.9. The third-order valence-corrected chi connectivity index (χ3v) is 8.31. The van der Waals surface area contributed by atoms with E-state index < -0.39 is 35.3 Å². The maximum absolute atomic E-state index is 12.6. The fourth-order valence-corrected chi connectivity index (χ4v) is 4.76. The van der Waals surface area contributed by atoms with Gasteiger partial charge in [-0.1, -0.05) is 71.6 Å². The molecule has 11 nitrogen and oxygen atoms in total. The minimum atomic E-state index is -1.24. The van der Waals surface area contributed by atoms with E-state index in [1.54, 1.807) is 55.5 Å². The summed E-state index contributed by atoms with van der Waals surface area (Å²) in [5, 5.41) is 0. The summed E-state index contributed by atoms with van der Waals surface area (Å²) >= 11 is 0. The van der Waals surface area contributed by atoms with Crippen LogP contribution in [-0.2, 0) is 33.3 Å². The fourth-order valence-electron chi connectivity index (χ4n) is 4.76. The van der Waals surface area contributed by atoms with E-state index in [-0.39, 0.29) is 19.8 Å². The first-order valence-corrected chi connectivity index (χ1v) is 18.1. The summed E-state index contributed by atoms with van der Waals surface area (Å²) in [5.74, 6) is -1.15. The van der Waals surface area contributed by atoms with Crippen LogP contribution in [0.4, 0.5) is 0 Å². The van der Waals surface area contributed by atoms with Crippen molar-refractivity contribution in [2.75, 3.05) is 33.0 Å². The van der Waals surface area contributed by atoms with E-state index in [4.69, 9.17) is 28.4 Å². The van der Waals surface area contributed by atoms with Gasteiger partial charge >= 0.3 is 29.8 Å². The molecular weight excluding hydrogens is 656 g/mol. The lowest BCUT2D eigenvalue weighted by molar-refractivity contribution is -0.169. The lowest BCUT2D eigenvalue weighted by Gasteiger charge is -2.26. The summed E-state index contributed by atoms with van der Waals surface area (Å²) in [7, 11) is 0. The van der Waals surface area contributed by atoms with Gasteiger partial charge in [0.05, 0.1) is 30.9 Å². The summed E-state index contributed by atoms with van der Waals surface area (Å²) in [6.45, 7) is 8.93. The zero-order chi connectivity index (χ0) is 37.5. The van der Waals surface area contributed by atoms with Crippen molar-refractivity contribution in [1.82, 2.24) is 0 Å². The van der Waals surface area contributed by atoms with E-state index >= 15 is 0 Å². The zero-order valence-corrected chi connectivity index (χ0v) is 31.0. The van der Waals surface area contributed by atoms with Crippen LogP contribution < -0.4 is 9.47 Å². The van der Waals surface area contributed by atoms with Crippen molar-refractivity contribution in [2.24, 2.45) is 11.3 Å². The van der Waals surface area contributed by atoms with Gasteiger partial charge in [0, 0.05) is 13.8 Å². The molecule has 0 fully saturated rings. The van der Waals surface area contributed by atoms with E-state index in [1.165, 1.54) is 26.7 Å². The van der Waals surface area contributed by atoms with Crippen LogP contribution in [0.2, 0.25) is 0 Å². The second-order valence-corrected chi connectivity index (χ2v) is 13.2. The third-order valence-electron chi connectivity index (χ3n) is 8.31. The van der Waals surface area contributed by atoms with Crippen molar-refractivity contribution >= 4 is 29.8 Å². The van der Waals surface area contributed by atoms with Crippen molar-refractivity contribution in [2.45, 2.75) is 105 Å². The number of ether oxygens (including phenoxy) is 6. The lowest BCUT2D eigenvalue weighted by Crippen LogP contribution is -2.40. The average molecular weight is 713 g/mol. The molecule has 2 aromatic carbocycles. The van der Waals surface area contributed by atoms with Gasteiger partial charge in [0.15, 0.2) is 0 Å². The molecule has 0 spiro atoms. The number of carbonyl (C=O) groups is 5. The number of rotatable bonds is 25. The van der Waals surface area contributed by atoms with Crippen LogP contribution in [0.5, 0.6) is 11.5 Å². The highest BCUT2D eigenvalue weighted by Crippen LogP contribution is 2.22. The molecule has 0 bridgehead atoms. The van der Waals surface area contributed by atoms with Crippen LogP contribution in [0, 0.1) is 11.3 Å². The fraction of sp³-hybridized carbons (Fsp3) is 0.575. The molecule has 2 aromatic rings. The number of unbranched alkanes of at least 4 members (excludes halogenated alkanes) is 9. The molecule has 0 aromatic heterocycles. The van der Waals surface area contributed by atoms with Gasteiger partial charge in [-0.25, -0.2) is 9.59 Å². The molecule has 0 radical (unpaired) electrons. The van der Waals surface area contributed by atoms with E-state index in [0.717, 1.165) is 57.8 Å². The topological polar surface area (TPSA) is 141 Å². The molecule has 0 heterocycles. The van der Waals surface area contributed by atoms with Crippen molar-refractivity contribution in [3.8, 4) is 11.5 Å². The van der Waals surface area contributed by atoms with Gasteiger partial charge in [0.25, 0.3) is 0 Å². The molecule has 1 atom stereocenters. The maximum Gasteiger partial charge on any atom is 0.343 e. The van der Waals surface area contributed by atoms with Gasteiger partial charge in [-0.3, -0.25) is 14.4 Å². The Morgan fingerprint density at radius 2 is 1.04 bits per heavy atom. The van der Waals surface area contributed by atoms with Crippen LogP contribution in [0.1, 0.15) is 126 Å². The number of benzene rings is 2. The summed E-state index contributed by atoms with van der Waals surface area (Å²) < 4.78 is 31.9. The second kappa shape index (κ2) is 23.9. The normalized spacial score (nSPS) is 11.6. The molecule has 0 amide bonds. The molecule has 0 saturated heterocycles. The van der Waals surface area contributed by atoms with Gasteiger partial charge < -0.3 is 28.4 Å². The Hall–Kier alpha value is -4.41. The van der Waals surface area contributed by atoms with Gasteiger partial charge in [-0.2, -0.15) is 0 Å². The molecule has 11 heteroatoms. The molecule has 2 rings (SSSR count). The predicted molar refractivity (Wildman–Crippen MR) is 192 cm³/mol. The number of hydrogen-bond donors (Lipinski definition) is 0. The number of hydrogen-bond acceptors (Lipinski definition) is 11. The average Bonchev–Trinajstić information content (AvgIpc) is 3.12. The smallest absolute Gasteiger partial charge is 0.343 e. The first-order chi connectivity index (χ1) is 24.4. The minimum Gasteiger partial charge on any atom is -0.494 e. The van der Waals surface area contributed by atoms with Crippen molar-refractivity contribution in [1.29, 1.82) is 0 Å². The standard InChI is InChI=1S/C40H56O11/c1-6-30(2)27-48-37(43)33-19-23-36(24-20-33)51-38(44)34-17-21-35(22-18-34)46-25-15-13-11-9-7-8-10-12-14-16-26-47-39(45)40(5,28-49-31(3)41)29-50-32(4)42/h17-24,30H,6-16,25-29H2,1-5H3. The van der Waals surface area contributed by atoms with Crippen LogP contribution in [-0.4, -0.2) is 62.9 Å². The summed E-state index contributed by atoms with van der Waals surface area (Å²) in [6.07, 6.45) is 11.5. The molecule has 0 aliphatic heterocycles. The van der Waals surface area contributed by atoms with E-state index in [0.29, 0.717) is 41.8 Å². The van der Waals surface area contributed by atoms with Crippen LogP contribution in [0.3, 0.4) is 0 Å². The Morgan fingerprint density at radius 3 is 1.53 bits per heavy atom. The molecule has 51 heavy (non-hydrogen) atoms. The highest BCUT2D eigenvalue weighted by Gasteiger charge is 2.38. The Bertz CT molecular complexity index is 1330. The monoisotopic (exact) mass is 712 g/mol.